The molecule has 0 saturated carbocycles. The predicted octanol–water partition coefficient (Wildman–Crippen LogP) is 6.10. The van der Waals surface area contributed by atoms with E-state index in [9.17, 15) is 14.4 Å². The van der Waals surface area contributed by atoms with Gasteiger partial charge in [0.1, 0.15) is 10.7 Å². The largest absolute Gasteiger partial charge is 0.350 e. The molecule has 166 valence electrons. The summed E-state index contributed by atoms with van der Waals surface area (Å²) in [5, 5.41) is 5.88. The summed E-state index contributed by atoms with van der Waals surface area (Å²) in [6.07, 6.45) is 0. The number of amides is 3. The van der Waals surface area contributed by atoms with Crippen LogP contribution in [0.15, 0.2) is 81.9 Å². The topological polar surface area (TPSA) is 78.5 Å². The third-order valence-corrected chi connectivity index (χ3v) is 6.26. The average molecular weight is 545 g/mol. The first kappa shape index (κ1) is 23.0. The minimum absolute atomic E-state index is 0.0496. The van der Waals surface area contributed by atoms with Crippen LogP contribution < -0.4 is 15.5 Å². The number of benzene rings is 3. The molecule has 4 rings (SSSR count). The van der Waals surface area contributed by atoms with Crippen LogP contribution >= 0.6 is 39.1 Å². The highest BCUT2D eigenvalue weighted by molar-refractivity contribution is 9.10. The molecule has 3 amide bonds. The van der Waals surface area contributed by atoms with E-state index in [-0.39, 0.29) is 16.6 Å². The zero-order valence-corrected chi connectivity index (χ0v) is 20.3. The molecule has 1 heterocycles. The van der Waals surface area contributed by atoms with Gasteiger partial charge in [0, 0.05) is 20.7 Å². The highest BCUT2D eigenvalue weighted by Crippen LogP contribution is 2.33. The molecule has 0 aliphatic carbocycles. The summed E-state index contributed by atoms with van der Waals surface area (Å²) in [6.45, 7) is 1.77. The van der Waals surface area contributed by atoms with E-state index >= 15 is 0 Å². The second-order valence-corrected chi connectivity index (χ2v) is 8.87. The quantitative estimate of drug-likeness (QED) is 0.380. The van der Waals surface area contributed by atoms with Gasteiger partial charge in [-0.1, -0.05) is 41.4 Å². The van der Waals surface area contributed by atoms with Crippen molar-refractivity contribution < 1.29 is 14.4 Å². The Morgan fingerprint density at radius 2 is 1.64 bits per heavy atom. The molecule has 0 fully saturated rings. The normalized spacial score (nSPS) is 13.5. The summed E-state index contributed by atoms with van der Waals surface area (Å²) in [4.78, 5) is 39.2. The van der Waals surface area contributed by atoms with Crippen LogP contribution in [0.2, 0.25) is 5.02 Å². The van der Waals surface area contributed by atoms with Gasteiger partial charge in [0.15, 0.2) is 0 Å². The zero-order valence-electron chi connectivity index (χ0n) is 17.2. The minimum atomic E-state index is -0.640. The van der Waals surface area contributed by atoms with Crippen LogP contribution in [0.5, 0.6) is 0 Å². The summed E-state index contributed by atoms with van der Waals surface area (Å²) in [5.74, 6) is -1.52. The SMILES string of the molecule is Cc1ccc(Cl)cc1N1C(=O)C(Cl)=C(Nc2ccc(C(=O)Nc3ccccc3Br)cc2)C1=O. The van der Waals surface area contributed by atoms with Crippen LogP contribution in [0.25, 0.3) is 0 Å². The van der Waals surface area contributed by atoms with E-state index in [0.29, 0.717) is 33.2 Å². The molecule has 1 aliphatic rings. The van der Waals surface area contributed by atoms with Gasteiger partial charge in [-0.15, -0.1) is 0 Å². The smallest absolute Gasteiger partial charge is 0.283 e. The van der Waals surface area contributed by atoms with Crippen molar-refractivity contribution in [1.29, 1.82) is 0 Å². The third-order valence-electron chi connectivity index (χ3n) is 4.98. The maximum atomic E-state index is 13.0. The summed E-state index contributed by atoms with van der Waals surface area (Å²) in [6, 6.07) is 18.7. The number of para-hydroxylation sites is 1. The molecule has 0 spiro atoms. The van der Waals surface area contributed by atoms with Crippen molar-refractivity contribution in [2.45, 2.75) is 6.92 Å². The monoisotopic (exact) mass is 543 g/mol. The third kappa shape index (κ3) is 4.66. The summed E-state index contributed by atoms with van der Waals surface area (Å²) in [7, 11) is 0. The molecule has 0 atom stereocenters. The molecule has 0 aromatic heterocycles. The van der Waals surface area contributed by atoms with Crippen LogP contribution in [0, 0.1) is 6.92 Å². The minimum Gasteiger partial charge on any atom is -0.350 e. The number of aryl methyl sites for hydroxylation is 1. The Morgan fingerprint density at radius 3 is 2.33 bits per heavy atom. The predicted molar refractivity (Wildman–Crippen MR) is 134 cm³/mol. The molecule has 2 N–H and O–H groups in total. The fourth-order valence-corrected chi connectivity index (χ4v) is 4.02. The standard InChI is InChI=1S/C24H16BrCl2N3O3/c1-13-6-9-15(26)12-19(13)30-23(32)20(27)21(24(30)33)28-16-10-7-14(8-11-16)22(31)29-18-5-3-2-4-17(18)25/h2-12,28H,1H3,(H,29,31). The average Bonchev–Trinajstić information content (AvgIpc) is 3.00. The lowest BCUT2D eigenvalue weighted by atomic mass is 10.1. The van der Waals surface area contributed by atoms with Crippen LogP contribution in [0.3, 0.4) is 0 Å². The van der Waals surface area contributed by atoms with Gasteiger partial charge in [0.2, 0.25) is 0 Å². The molecule has 6 nitrogen and oxygen atoms in total. The molecule has 0 bridgehead atoms. The Bertz CT molecular complexity index is 1320. The zero-order chi connectivity index (χ0) is 23.7. The summed E-state index contributed by atoms with van der Waals surface area (Å²) in [5.41, 5.74) is 2.58. The van der Waals surface area contributed by atoms with E-state index in [2.05, 4.69) is 26.6 Å². The van der Waals surface area contributed by atoms with Crippen molar-refractivity contribution in [1.82, 2.24) is 0 Å². The van der Waals surface area contributed by atoms with Gasteiger partial charge >= 0.3 is 0 Å². The van der Waals surface area contributed by atoms with Crippen molar-refractivity contribution in [3.8, 4) is 0 Å². The first-order valence-corrected chi connectivity index (χ1v) is 11.3. The number of anilines is 3. The fourth-order valence-electron chi connectivity index (χ4n) is 3.26. The Labute approximate surface area is 208 Å². The molecular formula is C24H16BrCl2N3O3. The van der Waals surface area contributed by atoms with Crippen LogP contribution in [0.4, 0.5) is 17.1 Å². The van der Waals surface area contributed by atoms with E-state index < -0.39 is 11.8 Å². The first-order chi connectivity index (χ1) is 15.8. The lowest BCUT2D eigenvalue weighted by molar-refractivity contribution is -0.120. The molecule has 9 heteroatoms. The van der Waals surface area contributed by atoms with E-state index in [0.717, 1.165) is 9.37 Å². The number of halogens is 3. The van der Waals surface area contributed by atoms with Crippen LogP contribution in [-0.4, -0.2) is 17.7 Å². The van der Waals surface area contributed by atoms with Crippen molar-refractivity contribution in [2.75, 3.05) is 15.5 Å². The summed E-state index contributed by atoms with van der Waals surface area (Å²) >= 11 is 15.6. The molecule has 1 aliphatic heterocycles. The Morgan fingerprint density at radius 1 is 0.939 bits per heavy atom. The highest BCUT2D eigenvalue weighted by atomic mass is 79.9. The lowest BCUT2D eigenvalue weighted by Crippen LogP contribution is -2.32. The van der Waals surface area contributed by atoms with Crippen molar-refractivity contribution in [2.24, 2.45) is 0 Å². The van der Waals surface area contributed by atoms with E-state index in [1.165, 1.54) is 6.07 Å². The van der Waals surface area contributed by atoms with Gasteiger partial charge in [-0.25, -0.2) is 4.90 Å². The molecule has 3 aromatic carbocycles. The van der Waals surface area contributed by atoms with E-state index in [1.54, 1.807) is 49.4 Å². The molecule has 0 unspecified atom stereocenters. The second-order valence-electron chi connectivity index (χ2n) is 7.20. The molecule has 3 aromatic rings. The Kier molecular flexibility index (Phi) is 6.56. The summed E-state index contributed by atoms with van der Waals surface area (Å²) < 4.78 is 0.766. The Hall–Kier alpha value is -3.13. The number of carbonyl (C=O) groups is 3. The van der Waals surface area contributed by atoms with E-state index in [1.807, 2.05) is 18.2 Å². The first-order valence-electron chi connectivity index (χ1n) is 9.74. The van der Waals surface area contributed by atoms with Gasteiger partial charge < -0.3 is 10.6 Å². The number of carbonyl (C=O) groups excluding carboxylic acids is 3. The molecule has 33 heavy (non-hydrogen) atoms. The maximum Gasteiger partial charge on any atom is 0.283 e. The van der Waals surface area contributed by atoms with Crippen molar-refractivity contribution in [3.63, 3.8) is 0 Å². The molecule has 0 saturated heterocycles. The number of rotatable bonds is 5. The lowest BCUT2D eigenvalue weighted by Gasteiger charge is -2.17. The molecule has 0 radical (unpaired) electrons. The van der Waals surface area contributed by atoms with Crippen molar-refractivity contribution >= 4 is 73.9 Å². The number of imide groups is 1. The molecular weight excluding hydrogens is 529 g/mol. The van der Waals surface area contributed by atoms with Gasteiger partial charge in [-0.2, -0.15) is 0 Å². The number of nitrogens with one attached hydrogen (secondary N) is 2. The van der Waals surface area contributed by atoms with Gasteiger partial charge in [-0.3, -0.25) is 14.4 Å². The van der Waals surface area contributed by atoms with Gasteiger partial charge in [0.05, 0.1) is 11.4 Å². The Balaban J connectivity index is 1.51. The number of hydrogen-bond donors (Lipinski definition) is 2. The van der Waals surface area contributed by atoms with Gasteiger partial charge in [-0.05, 0) is 76.9 Å². The highest BCUT2D eigenvalue weighted by Gasteiger charge is 2.39. The number of hydrogen-bond acceptors (Lipinski definition) is 4. The number of nitrogens with zero attached hydrogens (tertiary/aromatic N) is 1. The van der Waals surface area contributed by atoms with Gasteiger partial charge in [0.25, 0.3) is 17.7 Å². The fraction of sp³-hybridized carbons (Fsp3) is 0.0417. The van der Waals surface area contributed by atoms with Crippen LogP contribution in [0.1, 0.15) is 15.9 Å². The van der Waals surface area contributed by atoms with Crippen LogP contribution in [-0.2, 0) is 9.59 Å². The maximum absolute atomic E-state index is 13.0. The van der Waals surface area contributed by atoms with Crippen molar-refractivity contribution in [3.05, 3.63) is 98.1 Å². The van der Waals surface area contributed by atoms with E-state index in [4.69, 9.17) is 23.2 Å². The second kappa shape index (κ2) is 9.39.